The lowest BCUT2D eigenvalue weighted by Gasteiger charge is -2.25. The van der Waals surface area contributed by atoms with Crippen molar-refractivity contribution >= 4 is 0 Å². The molecule has 1 aromatic heterocycles. The Morgan fingerprint density at radius 2 is 2.13 bits per heavy atom. The van der Waals surface area contributed by atoms with E-state index in [0.717, 1.165) is 18.5 Å². The van der Waals surface area contributed by atoms with Gasteiger partial charge >= 0.3 is 0 Å². The quantitative estimate of drug-likeness (QED) is 0.816. The van der Waals surface area contributed by atoms with Gasteiger partial charge in [-0.05, 0) is 18.9 Å². The fourth-order valence-corrected chi connectivity index (χ4v) is 1.76. The summed E-state index contributed by atoms with van der Waals surface area (Å²) in [6.45, 7) is 6.77. The largest absolute Gasteiger partial charge is 0.317 e. The van der Waals surface area contributed by atoms with Crippen molar-refractivity contribution < 1.29 is 0 Å². The van der Waals surface area contributed by atoms with Gasteiger partial charge < -0.3 is 5.32 Å². The smallest absolute Gasteiger partial charge is 0.0842 e. The first kappa shape index (κ1) is 12.2. The van der Waals surface area contributed by atoms with Gasteiger partial charge in [0.2, 0.25) is 0 Å². The van der Waals surface area contributed by atoms with Crippen LogP contribution in [-0.2, 0) is 13.5 Å². The average molecular weight is 210 g/mol. The van der Waals surface area contributed by atoms with E-state index in [1.54, 1.807) is 4.68 Å². The fraction of sp³-hybridized carbons (Fsp3) is 0.818. The monoisotopic (exact) mass is 210 g/mol. The van der Waals surface area contributed by atoms with Crippen molar-refractivity contribution in [2.75, 3.05) is 7.05 Å². The molecule has 1 aromatic rings. The highest BCUT2D eigenvalue weighted by Crippen LogP contribution is 2.21. The summed E-state index contributed by atoms with van der Waals surface area (Å²) in [5.41, 5.74) is 1.40. The number of aromatic nitrogens is 3. The third-order valence-corrected chi connectivity index (χ3v) is 2.37. The van der Waals surface area contributed by atoms with Crippen LogP contribution in [0, 0.1) is 5.41 Å². The van der Waals surface area contributed by atoms with Gasteiger partial charge in [0.15, 0.2) is 0 Å². The van der Waals surface area contributed by atoms with Crippen molar-refractivity contribution in [3.8, 4) is 0 Å². The van der Waals surface area contributed by atoms with Gasteiger partial charge in [0.25, 0.3) is 0 Å². The van der Waals surface area contributed by atoms with E-state index in [9.17, 15) is 0 Å². The molecule has 86 valence electrons. The van der Waals surface area contributed by atoms with Gasteiger partial charge in [-0.15, -0.1) is 5.10 Å². The van der Waals surface area contributed by atoms with Gasteiger partial charge in [-0.3, -0.25) is 4.68 Å². The van der Waals surface area contributed by atoms with Crippen LogP contribution in [0.15, 0.2) is 6.20 Å². The van der Waals surface area contributed by atoms with E-state index in [1.165, 1.54) is 0 Å². The van der Waals surface area contributed by atoms with Crippen LogP contribution in [0.4, 0.5) is 0 Å². The molecule has 0 fully saturated rings. The molecule has 0 aromatic carbocycles. The predicted molar refractivity (Wildman–Crippen MR) is 61.6 cm³/mol. The Morgan fingerprint density at radius 3 is 2.53 bits per heavy atom. The maximum atomic E-state index is 4.11. The van der Waals surface area contributed by atoms with Crippen LogP contribution >= 0.6 is 0 Å². The molecule has 0 aliphatic heterocycles. The molecule has 4 heteroatoms. The minimum Gasteiger partial charge on any atom is -0.317 e. The molecular formula is C11H22N4. The highest BCUT2D eigenvalue weighted by Gasteiger charge is 2.18. The summed E-state index contributed by atoms with van der Waals surface area (Å²) >= 11 is 0. The number of aryl methyl sites for hydroxylation is 1. The van der Waals surface area contributed by atoms with Gasteiger partial charge in [0.05, 0.1) is 5.69 Å². The zero-order valence-electron chi connectivity index (χ0n) is 10.4. The molecule has 0 aliphatic carbocycles. The van der Waals surface area contributed by atoms with Crippen LogP contribution in [-0.4, -0.2) is 28.1 Å². The van der Waals surface area contributed by atoms with E-state index in [2.05, 4.69) is 36.4 Å². The normalized spacial score (nSPS) is 14.2. The Labute approximate surface area is 92.1 Å². The van der Waals surface area contributed by atoms with Crippen molar-refractivity contribution in [2.24, 2.45) is 12.5 Å². The van der Waals surface area contributed by atoms with Crippen LogP contribution < -0.4 is 5.32 Å². The van der Waals surface area contributed by atoms with Crippen LogP contribution in [0.3, 0.4) is 0 Å². The van der Waals surface area contributed by atoms with Gasteiger partial charge in [-0.1, -0.05) is 26.0 Å². The lowest BCUT2D eigenvalue weighted by molar-refractivity contribution is 0.315. The van der Waals surface area contributed by atoms with Crippen molar-refractivity contribution in [3.63, 3.8) is 0 Å². The third-order valence-electron chi connectivity index (χ3n) is 2.37. The second kappa shape index (κ2) is 4.75. The number of hydrogen-bond donors (Lipinski definition) is 1. The van der Waals surface area contributed by atoms with E-state index >= 15 is 0 Å². The Balaban J connectivity index is 2.54. The molecule has 0 bridgehead atoms. The summed E-state index contributed by atoms with van der Waals surface area (Å²) in [6, 6.07) is 0.474. The molecule has 1 atom stereocenters. The lowest BCUT2D eigenvalue weighted by atomic mass is 9.86. The maximum absolute atomic E-state index is 4.11. The number of likely N-dealkylation sites (N-methyl/N-ethyl adjacent to an activating group) is 1. The average Bonchev–Trinajstić information content (AvgIpc) is 2.47. The Bertz CT molecular complexity index is 298. The first-order valence-corrected chi connectivity index (χ1v) is 5.43. The van der Waals surface area contributed by atoms with Crippen molar-refractivity contribution in [3.05, 3.63) is 11.9 Å². The molecule has 0 spiro atoms. The minimum absolute atomic E-state index is 0.343. The molecule has 4 nitrogen and oxygen atoms in total. The second-order valence-electron chi connectivity index (χ2n) is 5.34. The van der Waals surface area contributed by atoms with E-state index in [1.807, 2.05) is 20.3 Å². The standard InChI is InChI=1S/C11H22N4/c1-11(2,3)7-9(12-4)6-10-8-15(5)14-13-10/h8-9,12H,6-7H2,1-5H3. The zero-order chi connectivity index (χ0) is 11.5. The van der Waals surface area contributed by atoms with Crippen molar-refractivity contribution in [1.82, 2.24) is 20.3 Å². The van der Waals surface area contributed by atoms with Gasteiger partial charge in [-0.25, -0.2) is 0 Å². The highest BCUT2D eigenvalue weighted by molar-refractivity contribution is 4.96. The summed E-state index contributed by atoms with van der Waals surface area (Å²) < 4.78 is 1.75. The number of nitrogens with one attached hydrogen (secondary N) is 1. The maximum Gasteiger partial charge on any atom is 0.0842 e. The number of nitrogens with zero attached hydrogens (tertiary/aromatic N) is 3. The van der Waals surface area contributed by atoms with Crippen LogP contribution in [0.5, 0.6) is 0 Å². The topological polar surface area (TPSA) is 42.7 Å². The molecule has 1 rings (SSSR count). The van der Waals surface area contributed by atoms with E-state index in [4.69, 9.17) is 0 Å². The number of rotatable bonds is 4. The van der Waals surface area contributed by atoms with Crippen LogP contribution in [0.2, 0.25) is 0 Å². The van der Waals surface area contributed by atoms with Crippen molar-refractivity contribution in [1.29, 1.82) is 0 Å². The minimum atomic E-state index is 0.343. The fourth-order valence-electron chi connectivity index (χ4n) is 1.76. The molecule has 0 saturated heterocycles. The molecule has 1 heterocycles. The molecule has 15 heavy (non-hydrogen) atoms. The molecule has 1 unspecified atom stereocenters. The summed E-state index contributed by atoms with van der Waals surface area (Å²) in [6.07, 6.45) is 4.06. The van der Waals surface area contributed by atoms with Crippen LogP contribution in [0.1, 0.15) is 32.9 Å². The van der Waals surface area contributed by atoms with Gasteiger partial charge in [0, 0.05) is 25.7 Å². The van der Waals surface area contributed by atoms with Gasteiger partial charge in [-0.2, -0.15) is 0 Å². The molecule has 1 N–H and O–H groups in total. The SMILES string of the molecule is CNC(Cc1cn(C)nn1)CC(C)(C)C. The second-order valence-corrected chi connectivity index (χ2v) is 5.34. The summed E-state index contributed by atoms with van der Waals surface area (Å²) in [4.78, 5) is 0. The summed E-state index contributed by atoms with van der Waals surface area (Å²) in [5, 5.41) is 11.4. The predicted octanol–water partition coefficient (Wildman–Crippen LogP) is 1.38. The Morgan fingerprint density at radius 1 is 1.47 bits per heavy atom. The number of hydrogen-bond acceptors (Lipinski definition) is 3. The lowest BCUT2D eigenvalue weighted by Crippen LogP contribution is -2.32. The van der Waals surface area contributed by atoms with Gasteiger partial charge in [0.1, 0.15) is 0 Å². The molecule has 0 saturated carbocycles. The zero-order valence-corrected chi connectivity index (χ0v) is 10.4. The Hall–Kier alpha value is -0.900. The van der Waals surface area contributed by atoms with E-state index < -0.39 is 0 Å². The molecule has 0 radical (unpaired) electrons. The first-order valence-electron chi connectivity index (χ1n) is 5.43. The van der Waals surface area contributed by atoms with E-state index in [0.29, 0.717) is 11.5 Å². The third kappa shape index (κ3) is 4.42. The summed E-state index contributed by atoms with van der Waals surface area (Å²) in [5.74, 6) is 0. The molecular weight excluding hydrogens is 188 g/mol. The molecule has 0 aliphatic rings. The van der Waals surface area contributed by atoms with Crippen molar-refractivity contribution in [2.45, 2.75) is 39.7 Å². The van der Waals surface area contributed by atoms with E-state index in [-0.39, 0.29) is 0 Å². The summed E-state index contributed by atoms with van der Waals surface area (Å²) in [7, 11) is 3.90. The highest BCUT2D eigenvalue weighted by atomic mass is 15.4. The Kier molecular flexibility index (Phi) is 3.85. The first-order chi connectivity index (χ1) is 6.90. The molecule has 0 amide bonds. The van der Waals surface area contributed by atoms with Crippen LogP contribution in [0.25, 0.3) is 0 Å².